The molecule has 0 aliphatic carbocycles. The third kappa shape index (κ3) is 3.00. The largest absolute Gasteiger partial charge is 0.493 e. The van der Waals surface area contributed by atoms with Crippen LogP contribution >= 0.6 is 0 Å². The summed E-state index contributed by atoms with van der Waals surface area (Å²) in [6.45, 7) is 2.07. The van der Waals surface area contributed by atoms with Crippen molar-refractivity contribution >= 4 is 17.7 Å². The highest BCUT2D eigenvalue weighted by molar-refractivity contribution is 6.05. The van der Waals surface area contributed by atoms with Crippen LogP contribution < -0.4 is 14.4 Å². The Kier molecular flexibility index (Phi) is 4.56. The number of ether oxygens (including phenoxy) is 2. The molecule has 1 aliphatic rings. The molecular weight excluding hydrogens is 302 g/mol. The topological polar surface area (TPSA) is 38.8 Å². The lowest BCUT2D eigenvalue weighted by atomic mass is 10.1. The lowest BCUT2D eigenvalue weighted by Crippen LogP contribution is -2.34. The van der Waals surface area contributed by atoms with Gasteiger partial charge in [-0.1, -0.05) is 24.3 Å². The Morgan fingerprint density at radius 3 is 2.62 bits per heavy atom. The maximum atomic E-state index is 12.7. The van der Waals surface area contributed by atoms with Gasteiger partial charge in [-0.2, -0.15) is 0 Å². The lowest BCUT2D eigenvalue weighted by Gasteiger charge is -2.21. The smallest absolute Gasteiger partial charge is 0.251 e. The summed E-state index contributed by atoms with van der Waals surface area (Å²) in [6, 6.07) is 13.8. The molecule has 0 bridgehead atoms. The van der Waals surface area contributed by atoms with Crippen molar-refractivity contribution in [1.82, 2.24) is 0 Å². The summed E-state index contributed by atoms with van der Waals surface area (Å²) >= 11 is 0. The number of rotatable bonds is 4. The van der Waals surface area contributed by atoms with Crippen LogP contribution in [0.5, 0.6) is 11.5 Å². The van der Waals surface area contributed by atoms with Crippen molar-refractivity contribution in [2.75, 3.05) is 19.1 Å². The summed E-state index contributed by atoms with van der Waals surface area (Å²) in [5.41, 5.74) is 3.12. The van der Waals surface area contributed by atoms with Crippen LogP contribution in [0.1, 0.15) is 18.1 Å². The molecule has 4 nitrogen and oxygen atoms in total. The predicted octanol–water partition coefficient (Wildman–Crippen LogP) is 3.69. The van der Waals surface area contributed by atoms with Crippen molar-refractivity contribution < 1.29 is 14.3 Å². The van der Waals surface area contributed by atoms with E-state index < -0.39 is 0 Å². The number of hydrogen-bond acceptors (Lipinski definition) is 3. The van der Waals surface area contributed by atoms with Crippen molar-refractivity contribution in [3.8, 4) is 11.5 Å². The average molecular weight is 323 g/mol. The lowest BCUT2D eigenvalue weighted by molar-refractivity contribution is -0.114. The standard InChI is InChI=1S/C20H21NO3/c1-14-12-16-6-4-5-7-17(16)21(14)20(22)11-9-15-8-10-18(23-2)19(13-15)24-3/h4-11,13-14H,12H2,1-3H3/b11-9+/t14-/m1/s1. The Labute approximate surface area is 142 Å². The van der Waals surface area contributed by atoms with Gasteiger partial charge in [0.15, 0.2) is 11.5 Å². The first-order chi connectivity index (χ1) is 11.6. The van der Waals surface area contributed by atoms with E-state index in [0.717, 1.165) is 17.7 Å². The number of anilines is 1. The third-order valence-electron chi connectivity index (χ3n) is 4.27. The molecule has 0 N–H and O–H groups in total. The molecule has 1 atom stereocenters. The highest BCUT2D eigenvalue weighted by Gasteiger charge is 2.29. The van der Waals surface area contributed by atoms with Gasteiger partial charge < -0.3 is 14.4 Å². The number of hydrogen-bond donors (Lipinski definition) is 0. The van der Waals surface area contributed by atoms with Gasteiger partial charge in [-0.3, -0.25) is 4.79 Å². The Morgan fingerprint density at radius 2 is 1.88 bits per heavy atom. The van der Waals surface area contributed by atoms with Gasteiger partial charge in [0.2, 0.25) is 0 Å². The fourth-order valence-corrected chi connectivity index (χ4v) is 3.11. The van der Waals surface area contributed by atoms with Crippen LogP contribution in [0, 0.1) is 0 Å². The van der Waals surface area contributed by atoms with Gasteiger partial charge >= 0.3 is 0 Å². The number of carbonyl (C=O) groups is 1. The van der Waals surface area contributed by atoms with Crippen LogP contribution in [0.2, 0.25) is 0 Å². The van der Waals surface area contributed by atoms with Gasteiger partial charge in [-0.25, -0.2) is 0 Å². The van der Waals surface area contributed by atoms with E-state index in [1.807, 2.05) is 41.3 Å². The number of para-hydroxylation sites is 1. The molecule has 0 saturated carbocycles. The second-order valence-corrected chi connectivity index (χ2v) is 5.84. The van der Waals surface area contributed by atoms with E-state index in [1.54, 1.807) is 26.4 Å². The molecule has 2 aromatic rings. The molecular formula is C20H21NO3. The normalized spacial score (nSPS) is 16.3. The Balaban J connectivity index is 1.81. The third-order valence-corrected chi connectivity index (χ3v) is 4.27. The quantitative estimate of drug-likeness (QED) is 0.806. The second-order valence-electron chi connectivity index (χ2n) is 5.84. The first-order valence-corrected chi connectivity index (χ1v) is 7.95. The van der Waals surface area contributed by atoms with E-state index in [0.29, 0.717) is 11.5 Å². The summed E-state index contributed by atoms with van der Waals surface area (Å²) in [7, 11) is 3.20. The summed E-state index contributed by atoms with van der Waals surface area (Å²) < 4.78 is 10.5. The fraction of sp³-hybridized carbons (Fsp3) is 0.250. The number of carbonyl (C=O) groups excluding carboxylic acids is 1. The van der Waals surface area contributed by atoms with Crippen LogP contribution in [0.4, 0.5) is 5.69 Å². The number of methoxy groups -OCH3 is 2. The molecule has 1 heterocycles. The molecule has 1 amide bonds. The summed E-state index contributed by atoms with van der Waals surface area (Å²) in [5.74, 6) is 1.30. The van der Waals surface area contributed by atoms with E-state index in [9.17, 15) is 4.79 Å². The molecule has 3 rings (SSSR count). The first kappa shape index (κ1) is 16.1. The molecule has 0 saturated heterocycles. The van der Waals surface area contributed by atoms with Crippen LogP contribution in [0.25, 0.3) is 6.08 Å². The summed E-state index contributed by atoms with van der Waals surface area (Å²) in [5, 5.41) is 0. The molecule has 124 valence electrons. The first-order valence-electron chi connectivity index (χ1n) is 7.95. The average Bonchev–Trinajstić information content (AvgIpc) is 2.95. The highest BCUT2D eigenvalue weighted by Crippen LogP contribution is 2.32. The second kappa shape index (κ2) is 6.79. The van der Waals surface area contributed by atoms with E-state index in [-0.39, 0.29) is 11.9 Å². The minimum Gasteiger partial charge on any atom is -0.493 e. The van der Waals surface area contributed by atoms with Gasteiger partial charge in [0.25, 0.3) is 5.91 Å². The van der Waals surface area contributed by atoms with Gasteiger partial charge in [-0.05, 0) is 48.7 Å². The molecule has 0 spiro atoms. The van der Waals surface area contributed by atoms with Crippen LogP contribution in [-0.4, -0.2) is 26.2 Å². The van der Waals surface area contributed by atoms with Gasteiger partial charge in [0.1, 0.15) is 0 Å². The van der Waals surface area contributed by atoms with Crippen molar-refractivity contribution in [3.63, 3.8) is 0 Å². The molecule has 0 fully saturated rings. The monoisotopic (exact) mass is 323 g/mol. The molecule has 0 aromatic heterocycles. The van der Waals surface area contributed by atoms with E-state index in [1.165, 1.54) is 5.56 Å². The number of benzene rings is 2. The van der Waals surface area contributed by atoms with Crippen LogP contribution in [0.15, 0.2) is 48.5 Å². The Morgan fingerprint density at radius 1 is 1.12 bits per heavy atom. The minimum atomic E-state index is -0.0118. The Hall–Kier alpha value is -2.75. The molecule has 24 heavy (non-hydrogen) atoms. The zero-order valence-electron chi connectivity index (χ0n) is 14.2. The maximum Gasteiger partial charge on any atom is 0.251 e. The SMILES string of the molecule is COc1ccc(/C=C/C(=O)N2c3ccccc3C[C@H]2C)cc1OC. The van der Waals surface area contributed by atoms with E-state index in [4.69, 9.17) is 9.47 Å². The predicted molar refractivity (Wildman–Crippen MR) is 95.7 cm³/mol. The number of amides is 1. The molecule has 0 unspecified atom stereocenters. The van der Waals surface area contributed by atoms with E-state index in [2.05, 4.69) is 13.0 Å². The van der Waals surface area contributed by atoms with Gasteiger partial charge in [0.05, 0.1) is 14.2 Å². The van der Waals surface area contributed by atoms with Gasteiger partial charge in [0, 0.05) is 17.8 Å². The van der Waals surface area contributed by atoms with Gasteiger partial charge in [-0.15, -0.1) is 0 Å². The Bertz CT molecular complexity index is 782. The van der Waals surface area contributed by atoms with Crippen molar-refractivity contribution in [2.45, 2.75) is 19.4 Å². The van der Waals surface area contributed by atoms with Crippen molar-refractivity contribution in [1.29, 1.82) is 0 Å². The van der Waals surface area contributed by atoms with E-state index >= 15 is 0 Å². The molecule has 1 aliphatic heterocycles. The zero-order chi connectivity index (χ0) is 17.1. The van der Waals surface area contributed by atoms with Crippen LogP contribution in [0.3, 0.4) is 0 Å². The highest BCUT2D eigenvalue weighted by atomic mass is 16.5. The van der Waals surface area contributed by atoms with Crippen LogP contribution in [-0.2, 0) is 11.2 Å². The van der Waals surface area contributed by atoms with Crippen molar-refractivity contribution in [2.24, 2.45) is 0 Å². The number of nitrogens with zero attached hydrogens (tertiary/aromatic N) is 1. The summed E-state index contributed by atoms with van der Waals surface area (Å²) in [6.07, 6.45) is 4.31. The maximum absolute atomic E-state index is 12.7. The molecule has 0 radical (unpaired) electrons. The fourth-order valence-electron chi connectivity index (χ4n) is 3.11. The molecule has 4 heteroatoms. The minimum absolute atomic E-state index is 0.0118. The number of fused-ring (bicyclic) bond motifs is 1. The zero-order valence-corrected chi connectivity index (χ0v) is 14.2. The van der Waals surface area contributed by atoms with Crippen molar-refractivity contribution in [3.05, 3.63) is 59.7 Å². The summed E-state index contributed by atoms with van der Waals surface area (Å²) in [4.78, 5) is 14.5. The molecule has 2 aromatic carbocycles.